The second kappa shape index (κ2) is 1.59. The predicted molar refractivity (Wildman–Crippen MR) is 37.5 cm³/mol. The highest BCUT2D eigenvalue weighted by Crippen LogP contribution is 2.10. The van der Waals surface area contributed by atoms with E-state index < -0.39 is 0 Å². The zero-order chi connectivity index (χ0) is 7.14. The monoisotopic (exact) mass is 136 g/mol. The van der Waals surface area contributed by atoms with Crippen molar-refractivity contribution in [2.75, 3.05) is 0 Å². The van der Waals surface area contributed by atoms with Gasteiger partial charge < -0.3 is 0 Å². The molecule has 52 valence electrons. The summed E-state index contributed by atoms with van der Waals surface area (Å²) in [7, 11) is 3.95. The summed E-state index contributed by atoms with van der Waals surface area (Å²) in [6, 6.07) is 0. The summed E-state index contributed by atoms with van der Waals surface area (Å²) in [5, 5.41) is 0. The molecule has 0 atom stereocenters. The van der Waals surface area contributed by atoms with Crippen LogP contribution in [0.4, 0.5) is 0 Å². The molecule has 0 unspecified atom stereocenters. The third-order valence-electron chi connectivity index (χ3n) is 1.78. The molecule has 4 nitrogen and oxygen atoms in total. The average Bonchev–Trinajstić information content (AvgIpc) is 2.03. The van der Waals surface area contributed by atoms with E-state index in [4.69, 9.17) is 0 Å². The number of aryl methyl sites for hydroxylation is 2. The lowest BCUT2D eigenvalue weighted by Crippen LogP contribution is -2.18. The second-order valence-corrected chi connectivity index (χ2v) is 2.28. The standard InChI is InChI=1S/C6H8N4/c1-9-5-3-7-4-8-6(5)10(9)2/h3-4H,1-2H3. The van der Waals surface area contributed by atoms with Crippen LogP contribution in [0.5, 0.6) is 0 Å². The molecule has 0 spiro atoms. The quantitative estimate of drug-likeness (QED) is 0.522. The largest absolute Gasteiger partial charge is 0.282 e. The molecular formula is C6H8N4. The van der Waals surface area contributed by atoms with Crippen LogP contribution in [-0.2, 0) is 14.1 Å². The molecule has 0 aliphatic heterocycles. The first-order valence-corrected chi connectivity index (χ1v) is 3.08. The van der Waals surface area contributed by atoms with E-state index in [1.165, 1.54) is 0 Å². The van der Waals surface area contributed by atoms with E-state index in [1.54, 1.807) is 6.33 Å². The van der Waals surface area contributed by atoms with Gasteiger partial charge in [-0.25, -0.2) is 9.97 Å². The molecule has 0 radical (unpaired) electrons. The van der Waals surface area contributed by atoms with E-state index in [9.17, 15) is 0 Å². The fraction of sp³-hybridized carbons (Fsp3) is 0.333. The summed E-state index contributed by atoms with van der Waals surface area (Å²) in [4.78, 5) is 7.97. The lowest BCUT2D eigenvalue weighted by atomic mass is 10.5. The van der Waals surface area contributed by atoms with Gasteiger partial charge in [0.1, 0.15) is 11.8 Å². The van der Waals surface area contributed by atoms with E-state index in [0.29, 0.717) is 0 Å². The summed E-state index contributed by atoms with van der Waals surface area (Å²) >= 11 is 0. The minimum absolute atomic E-state index is 0.998. The van der Waals surface area contributed by atoms with Gasteiger partial charge in [-0.3, -0.25) is 9.36 Å². The maximum atomic E-state index is 4.07. The van der Waals surface area contributed by atoms with Gasteiger partial charge in [-0.15, -0.1) is 0 Å². The Morgan fingerprint density at radius 3 is 2.80 bits per heavy atom. The Kier molecular flexibility index (Phi) is 0.869. The molecule has 0 bridgehead atoms. The molecule has 0 aromatic carbocycles. The summed E-state index contributed by atoms with van der Waals surface area (Å²) in [6.45, 7) is 0. The number of hydrogen-bond donors (Lipinski definition) is 0. The molecule has 0 fully saturated rings. The van der Waals surface area contributed by atoms with Gasteiger partial charge in [0.15, 0.2) is 5.65 Å². The van der Waals surface area contributed by atoms with Crippen molar-refractivity contribution in [2.45, 2.75) is 0 Å². The van der Waals surface area contributed by atoms with Crippen LogP contribution < -0.4 is 0 Å². The Bertz CT molecular complexity index is 321. The lowest BCUT2D eigenvalue weighted by Gasteiger charge is -2.17. The molecule has 4 heteroatoms. The minimum atomic E-state index is 0.998. The summed E-state index contributed by atoms with van der Waals surface area (Å²) in [5.74, 6) is 0. The SMILES string of the molecule is Cn1c2cncnc2n1C. The minimum Gasteiger partial charge on any atom is -0.282 e. The van der Waals surface area contributed by atoms with E-state index >= 15 is 0 Å². The molecule has 2 aromatic heterocycles. The van der Waals surface area contributed by atoms with Crippen molar-refractivity contribution in [3.05, 3.63) is 12.5 Å². The third kappa shape index (κ3) is 0.459. The maximum absolute atomic E-state index is 4.07. The van der Waals surface area contributed by atoms with Crippen molar-refractivity contribution < 1.29 is 0 Å². The highest BCUT2D eigenvalue weighted by atomic mass is 15.4. The number of aromatic nitrogens is 4. The van der Waals surface area contributed by atoms with Crippen molar-refractivity contribution in [3.8, 4) is 0 Å². The lowest BCUT2D eigenvalue weighted by molar-refractivity contribution is 0.578. The number of rotatable bonds is 0. The first-order valence-electron chi connectivity index (χ1n) is 3.08. The molecule has 0 N–H and O–H groups in total. The van der Waals surface area contributed by atoms with E-state index in [2.05, 4.69) is 9.97 Å². The maximum Gasteiger partial charge on any atom is 0.175 e. The van der Waals surface area contributed by atoms with Gasteiger partial charge in [0, 0.05) is 14.1 Å². The molecule has 2 rings (SSSR count). The van der Waals surface area contributed by atoms with Crippen molar-refractivity contribution in [1.82, 2.24) is 19.3 Å². The van der Waals surface area contributed by atoms with Gasteiger partial charge >= 0.3 is 0 Å². The first kappa shape index (κ1) is 5.46. The highest BCUT2D eigenvalue weighted by Gasteiger charge is 2.05. The fourth-order valence-corrected chi connectivity index (χ4v) is 1.05. The topological polar surface area (TPSA) is 35.6 Å². The van der Waals surface area contributed by atoms with Crippen molar-refractivity contribution >= 4 is 11.2 Å². The second-order valence-electron chi connectivity index (χ2n) is 2.28. The average molecular weight is 136 g/mol. The van der Waals surface area contributed by atoms with Gasteiger partial charge in [0.05, 0.1) is 6.20 Å². The summed E-state index contributed by atoms with van der Waals surface area (Å²) in [6.07, 6.45) is 3.37. The van der Waals surface area contributed by atoms with Crippen LogP contribution in [0.2, 0.25) is 0 Å². The van der Waals surface area contributed by atoms with Crippen LogP contribution >= 0.6 is 0 Å². The van der Waals surface area contributed by atoms with Crippen LogP contribution in [-0.4, -0.2) is 19.3 Å². The van der Waals surface area contributed by atoms with E-state index in [1.807, 2.05) is 29.7 Å². The van der Waals surface area contributed by atoms with Crippen LogP contribution in [0.15, 0.2) is 12.5 Å². The predicted octanol–water partition coefficient (Wildman–Crippen LogP) is 0.307. The van der Waals surface area contributed by atoms with Crippen LogP contribution in [0.3, 0.4) is 0 Å². The van der Waals surface area contributed by atoms with Crippen molar-refractivity contribution in [3.63, 3.8) is 0 Å². The molecule has 0 saturated carbocycles. The molecule has 0 amide bonds. The van der Waals surface area contributed by atoms with Crippen LogP contribution in [0.25, 0.3) is 11.2 Å². The van der Waals surface area contributed by atoms with Crippen molar-refractivity contribution in [2.24, 2.45) is 14.1 Å². The zero-order valence-electron chi connectivity index (χ0n) is 5.94. The normalized spacial score (nSPS) is 11.0. The molecule has 0 aliphatic carbocycles. The van der Waals surface area contributed by atoms with Gasteiger partial charge in [-0.1, -0.05) is 0 Å². The Balaban J connectivity index is 2.82. The zero-order valence-corrected chi connectivity index (χ0v) is 5.94. The summed E-state index contributed by atoms with van der Waals surface area (Å²) in [5.41, 5.74) is 2.09. The number of nitrogens with zero attached hydrogens (tertiary/aromatic N) is 4. The molecular weight excluding hydrogens is 128 g/mol. The molecule has 0 saturated heterocycles. The number of hydrogen-bond acceptors (Lipinski definition) is 2. The van der Waals surface area contributed by atoms with E-state index in [-0.39, 0.29) is 0 Å². The highest BCUT2D eigenvalue weighted by molar-refractivity contribution is 5.71. The van der Waals surface area contributed by atoms with E-state index in [0.717, 1.165) is 11.2 Å². The van der Waals surface area contributed by atoms with Gasteiger partial charge in [-0.2, -0.15) is 0 Å². The summed E-state index contributed by atoms with van der Waals surface area (Å²) < 4.78 is 3.96. The van der Waals surface area contributed by atoms with Gasteiger partial charge in [-0.05, 0) is 0 Å². The molecule has 2 aromatic rings. The smallest absolute Gasteiger partial charge is 0.175 e. The third-order valence-corrected chi connectivity index (χ3v) is 1.78. The van der Waals surface area contributed by atoms with Gasteiger partial charge in [0.2, 0.25) is 0 Å². The molecule has 2 heterocycles. The van der Waals surface area contributed by atoms with Gasteiger partial charge in [0.25, 0.3) is 0 Å². The fourth-order valence-electron chi connectivity index (χ4n) is 1.05. The van der Waals surface area contributed by atoms with Crippen molar-refractivity contribution in [1.29, 1.82) is 0 Å². The Morgan fingerprint density at radius 1 is 1.30 bits per heavy atom. The Morgan fingerprint density at radius 2 is 2.10 bits per heavy atom. The number of fused-ring (bicyclic) bond motifs is 1. The van der Waals surface area contributed by atoms with Crippen LogP contribution in [0, 0.1) is 0 Å². The Labute approximate surface area is 58.1 Å². The van der Waals surface area contributed by atoms with Crippen LogP contribution in [0.1, 0.15) is 0 Å². The first-order chi connectivity index (χ1) is 4.80. The Hall–Kier alpha value is -1.32. The molecule has 10 heavy (non-hydrogen) atoms. The molecule has 0 aliphatic rings.